The zero-order valence-corrected chi connectivity index (χ0v) is 12.1. The van der Waals surface area contributed by atoms with E-state index in [2.05, 4.69) is 0 Å². The summed E-state index contributed by atoms with van der Waals surface area (Å²) in [7, 11) is 0. The average molecular weight is 282 g/mol. The molecule has 0 saturated heterocycles. The second-order valence-corrected chi connectivity index (χ2v) is 5.03. The summed E-state index contributed by atoms with van der Waals surface area (Å²) in [6, 6.07) is 13.0. The molecule has 21 heavy (non-hydrogen) atoms. The zero-order chi connectivity index (χ0) is 14.7. The van der Waals surface area contributed by atoms with E-state index >= 15 is 0 Å². The Bertz CT molecular complexity index is 661. The van der Waals surface area contributed by atoms with Crippen molar-refractivity contribution in [3.63, 3.8) is 0 Å². The molecule has 0 aromatic heterocycles. The van der Waals surface area contributed by atoms with Gasteiger partial charge < -0.3 is 9.47 Å². The van der Waals surface area contributed by atoms with Gasteiger partial charge in [-0.1, -0.05) is 12.1 Å². The number of carbonyl (C=O) groups excluding carboxylic acids is 1. The summed E-state index contributed by atoms with van der Waals surface area (Å²) in [6.07, 6.45) is 1.96. The maximum Gasteiger partial charge on any atom is 0.196 e. The number of aryl methyl sites for hydroxylation is 1. The van der Waals surface area contributed by atoms with Gasteiger partial charge in [0.2, 0.25) is 0 Å². The zero-order valence-electron chi connectivity index (χ0n) is 12.1. The second kappa shape index (κ2) is 6.00. The number of para-hydroxylation sites is 1. The van der Waals surface area contributed by atoms with E-state index in [9.17, 15) is 4.79 Å². The molecular weight excluding hydrogens is 264 g/mol. The number of fused-ring (bicyclic) bond motifs is 1. The molecule has 0 unspecified atom stereocenters. The fraction of sp³-hybridized carbons (Fsp3) is 0.278. The van der Waals surface area contributed by atoms with Crippen molar-refractivity contribution in [1.82, 2.24) is 0 Å². The lowest BCUT2D eigenvalue weighted by Crippen LogP contribution is -2.10. The lowest BCUT2D eigenvalue weighted by Gasteiger charge is -2.18. The van der Waals surface area contributed by atoms with Gasteiger partial charge in [-0.2, -0.15) is 0 Å². The van der Waals surface area contributed by atoms with E-state index in [4.69, 9.17) is 9.47 Å². The van der Waals surface area contributed by atoms with Gasteiger partial charge in [0.15, 0.2) is 5.78 Å². The van der Waals surface area contributed by atoms with Gasteiger partial charge in [-0.3, -0.25) is 4.79 Å². The Kier molecular flexibility index (Phi) is 3.91. The maximum absolute atomic E-state index is 12.7. The maximum atomic E-state index is 12.7. The standard InChI is InChI=1S/C18H18O3/c1-2-20-17-8-4-3-7-15(17)18(19)14-9-10-16-13(12-14)6-5-11-21-16/h3-4,7-10,12H,2,5-6,11H2,1H3. The number of hydrogen-bond donors (Lipinski definition) is 0. The van der Waals surface area contributed by atoms with Gasteiger partial charge in [0.25, 0.3) is 0 Å². The van der Waals surface area contributed by atoms with Crippen molar-refractivity contribution in [2.75, 3.05) is 13.2 Å². The van der Waals surface area contributed by atoms with Crippen molar-refractivity contribution in [2.24, 2.45) is 0 Å². The Morgan fingerprint density at radius 1 is 1.24 bits per heavy atom. The molecule has 0 bridgehead atoms. The summed E-state index contributed by atoms with van der Waals surface area (Å²) in [6.45, 7) is 3.22. The largest absolute Gasteiger partial charge is 0.493 e. The first-order chi connectivity index (χ1) is 10.3. The molecule has 0 N–H and O–H groups in total. The Labute approximate surface area is 124 Å². The van der Waals surface area contributed by atoms with Crippen LogP contribution in [0, 0.1) is 0 Å². The minimum Gasteiger partial charge on any atom is -0.493 e. The molecule has 3 nitrogen and oxygen atoms in total. The second-order valence-electron chi connectivity index (χ2n) is 5.03. The first-order valence-corrected chi connectivity index (χ1v) is 7.32. The molecule has 3 rings (SSSR count). The number of carbonyl (C=O) groups is 1. The van der Waals surface area contributed by atoms with Crippen LogP contribution in [0.3, 0.4) is 0 Å². The monoisotopic (exact) mass is 282 g/mol. The van der Waals surface area contributed by atoms with Crippen LogP contribution in [-0.2, 0) is 6.42 Å². The molecule has 108 valence electrons. The van der Waals surface area contributed by atoms with Gasteiger partial charge in [0.1, 0.15) is 11.5 Å². The third-order valence-corrected chi connectivity index (χ3v) is 3.60. The summed E-state index contributed by atoms with van der Waals surface area (Å²) >= 11 is 0. The number of ether oxygens (including phenoxy) is 2. The third-order valence-electron chi connectivity index (χ3n) is 3.60. The van der Waals surface area contributed by atoms with Gasteiger partial charge in [0.05, 0.1) is 18.8 Å². The molecule has 2 aromatic carbocycles. The van der Waals surface area contributed by atoms with E-state index in [1.807, 2.05) is 49.4 Å². The molecule has 0 fully saturated rings. The highest BCUT2D eigenvalue weighted by molar-refractivity contribution is 6.10. The van der Waals surface area contributed by atoms with Crippen molar-refractivity contribution in [2.45, 2.75) is 19.8 Å². The minimum absolute atomic E-state index is 0.00702. The molecule has 0 amide bonds. The minimum atomic E-state index is -0.00702. The lowest BCUT2D eigenvalue weighted by atomic mass is 9.97. The van der Waals surface area contributed by atoms with E-state index in [1.165, 1.54) is 0 Å². The third kappa shape index (κ3) is 2.77. The summed E-state index contributed by atoms with van der Waals surface area (Å²) in [5.41, 5.74) is 2.41. The number of rotatable bonds is 4. The van der Waals surface area contributed by atoms with E-state index in [-0.39, 0.29) is 5.78 Å². The quantitative estimate of drug-likeness (QED) is 0.803. The first kappa shape index (κ1) is 13.7. The van der Waals surface area contributed by atoms with E-state index < -0.39 is 0 Å². The molecule has 0 spiro atoms. The van der Waals surface area contributed by atoms with Gasteiger partial charge in [-0.05, 0) is 55.7 Å². The molecule has 1 heterocycles. The van der Waals surface area contributed by atoms with Crippen LogP contribution < -0.4 is 9.47 Å². The molecular formula is C18H18O3. The Morgan fingerprint density at radius 3 is 2.95 bits per heavy atom. The fourth-order valence-corrected chi connectivity index (χ4v) is 2.59. The van der Waals surface area contributed by atoms with Gasteiger partial charge >= 0.3 is 0 Å². The highest BCUT2D eigenvalue weighted by atomic mass is 16.5. The van der Waals surface area contributed by atoms with Crippen LogP contribution in [0.5, 0.6) is 11.5 Å². The van der Waals surface area contributed by atoms with Gasteiger partial charge in [-0.25, -0.2) is 0 Å². The summed E-state index contributed by atoms with van der Waals surface area (Å²) in [5.74, 6) is 1.53. The van der Waals surface area contributed by atoms with Crippen LogP contribution in [0.4, 0.5) is 0 Å². The smallest absolute Gasteiger partial charge is 0.196 e. The van der Waals surface area contributed by atoms with Crippen molar-refractivity contribution in [1.29, 1.82) is 0 Å². The van der Waals surface area contributed by atoms with Crippen LogP contribution in [0.15, 0.2) is 42.5 Å². The molecule has 0 radical (unpaired) electrons. The van der Waals surface area contributed by atoms with E-state index in [0.717, 1.165) is 30.8 Å². The molecule has 1 aliphatic heterocycles. The number of hydrogen-bond acceptors (Lipinski definition) is 3. The van der Waals surface area contributed by atoms with Crippen LogP contribution in [-0.4, -0.2) is 19.0 Å². The highest BCUT2D eigenvalue weighted by Gasteiger charge is 2.17. The fourth-order valence-electron chi connectivity index (χ4n) is 2.59. The summed E-state index contributed by atoms with van der Waals surface area (Å²) in [5, 5.41) is 0. The summed E-state index contributed by atoms with van der Waals surface area (Å²) < 4.78 is 11.1. The van der Waals surface area contributed by atoms with Gasteiger partial charge in [-0.15, -0.1) is 0 Å². The predicted octanol–water partition coefficient (Wildman–Crippen LogP) is 3.64. The van der Waals surface area contributed by atoms with Crippen molar-refractivity contribution < 1.29 is 14.3 Å². The lowest BCUT2D eigenvalue weighted by molar-refractivity contribution is 0.103. The van der Waals surface area contributed by atoms with E-state index in [1.54, 1.807) is 0 Å². The predicted molar refractivity (Wildman–Crippen MR) is 81.3 cm³/mol. The van der Waals surface area contributed by atoms with Crippen LogP contribution in [0.25, 0.3) is 0 Å². The van der Waals surface area contributed by atoms with Crippen molar-refractivity contribution >= 4 is 5.78 Å². The molecule has 1 aliphatic rings. The summed E-state index contributed by atoms with van der Waals surface area (Å²) in [4.78, 5) is 12.7. The molecule has 0 atom stereocenters. The van der Waals surface area contributed by atoms with Crippen LogP contribution >= 0.6 is 0 Å². The molecule has 0 aliphatic carbocycles. The SMILES string of the molecule is CCOc1ccccc1C(=O)c1ccc2c(c1)CCCO2. The Hall–Kier alpha value is -2.29. The first-order valence-electron chi connectivity index (χ1n) is 7.32. The highest BCUT2D eigenvalue weighted by Crippen LogP contribution is 2.28. The molecule has 3 heteroatoms. The normalized spacial score (nSPS) is 13.2. The average Bonchev–Trinajstić information content (AvgIpc) is 2.54. The van der Waals surface area contributed by atoms with Crippen molar-refractivity contribution in [3.8, 4) is 11.5 Å². The number of ketones is 1. The Morgan fingerprint density at radius 2 is 2.10 bits per heavy atom. The molecule has 0 saturated carbocycles. The van der Waals surface area contributed by atoms with Crippen LogP contribution in [0.2, 0.25) is 0 Å². The van der Waals surface area contributed by atoms with Crippen LogP contribution in [0.1, 0.15) is 34.8 Å². The van der Waals surface area contributed by atoms with Crippen molar-refractivity contribution in [3.05, 3.63) is 59.2 Å². The molecule has 2 aromatic rings. The number of benzene rings is 2. The topological polar surface area (TPSA) is 35.5 Å². The van der Waals surface area contributed by atoms with Gasteiger partial charge in [0, 0.05) is 5.56 Å². The Balaban J connectivity index is 1.95. The van der Waals surface area contributed by atoms with E-state index in [0.29, 0.717) is 23.5 Å².